The van der Waals surface area contributed by atoms with Crippen molar-refractivity contribution in [1.82, 2.24) is 0 Å². The van der Waals surface area contributed by atoms with Gasteiger partial charge in [-0.2, -0.15) is 0 Å². The van der Waals surface area contributed by atoms with E-state index >= 15 is 0 Å². The highest BCUT2D eigenvalue weighted by Crippen LogP contribution is 1.98. The zero-order chi connectivity index (χ0) is 9.40. The predicted octanol–water partition coefficient (Wildman–Crippen LogP) is 2.89. The van der Waals surface area contributed by atoms with Gasteiger partial charge in [0.25, 0.3) is 0 Å². The number of amides is 1. The first-order chi connectivity index (χ1) is 5.70. The second-order valence-corrected chi connectivity index (χ2v) is 2.55. The van der Waals surface area contributed by atoms with E-state index < -0.39 is 6.09 Å². The Kier molecular flexibility index (Phi) is 6.55. The molecule has 0 aliphatic rings. The Morgan fingerprint density at radius 3 is 2.75 bits per heavy atom. The molecule has 0 saturated heterocycles. The highest BCUT2D eigenvalue weighted by molar-refractivity contribution is 9.09. The van der Waals surface area contributed by atoms with Crippen molar-refractivity contribution in [2.45, 2.75) is 13.8 Å². The minimum atomic E-state index is -0.653. The third-order valence-electron chi connectivity index (χ3n) is 0.930. The molecule has 0 aromatic rings. The molecular weight excluding hydrogens is 224 g/mol. The van der Waals surface area contributed by atoms with Gasteiger partial charge in [0, 0.05) is 5.33 Å². The Morgan fingerprint density at radius 2 is 2.25 bits per heavy atom. The number of rotatable bonds is 3. The molecule has 1 amide bonds. The number of ether oxygens (including phenoxy) is 1. The Balaban J connectivity index is 3.89. The highest BCUT2D eigenvalue weighted by Gasteiger charge is 1.95. The van der Waals surface area contributed by atoms with Crippen molar-refractivity contribution in [3.8, 4) is 0 Å². The van der Waals surface area contributed by atoms with Crippen LogP contribution in [-0.4, -0.2) is 18.0 Å². The Bertz CT molecular complexity index is 202. The molecule has 12 heavy (non-hydrogen) atoms. The summed E-state index contributed by atoms with van der Waals surface area (Å²) in [5, 5.41) is 7.62. The van der Waals surface area contributed by atoms with Crippen molar-refractivity contribution < 1.29 is 9.53 Å². The molecule has 68 valence electrons. The van der Waals surface area contributed by atoms with Crippen molar-refractivity contribution in [3.05, 3.63) is 11.8 Å². The Hall–Kier alpha value is -0.710. The number of carbonyl (C=O) groups excluding carboxylic acids is 1. The van der Waals surface area contributed by atoms with Gasteiger partial charge in [-0.25, -0.2) is 4.79 Å². The second kappa shape index (κ2) is 6.97. The molecule has 5 heteroatoms. The van der Waals surface area contributed by atoms with Gasteiger partial charge in [-0.15, -0.1) is 5.11 Å². The van der Waals surface area contributed by atoms with Crippen molar-refractivity contribution in [3.63, 3.8) is 0 Å². The van der Waals surface area contributed by atoms with Crippen molar-refractivity contribution in [1.29, 1.82) is 0 Å². The van der Waals surface area contributed by atoms with Gasteiger partial charge in [0.2, 0.25) is 0 Å². The van der Waals surface area contributed by atoms with Crippen molar-refractivity contribution in [2.24, 2.45) is 10.2 Å². The van der Waals surface area contributed by atoms with Gasteiger partial charge in [0.1, 0.15) is 0 Å². The number of hydrogen-bond acceptors (Lipinski definition) is 3. The first-order valence-electron chi connectivity index (χ1n) is 3.52. The first-order valence-corrected chi connectivity index (χ1v) is 4.64. The van der Waals surface area contributed by atoms with Crippen LogP contribution in [0.15, 0.2) is 22.0 Å². The number of halogens is 1. The summed E-state index contributed by atoms with van der Waals surface area (Å²) in [5.41, 5.74) is 0.680. The minimum Gasteiger partial charge on any atom is -0.447 e. The summed E-state index contributed by atoms with van der Waals surface area (Å²) in [6.07, 6.45) is 1.14. The average molecular weight is 235 g/mol. The quantitative estimate of drug-likeness (QED) is 0.557. The number of azo groups is 1. The zero-order valence-electron chi connectivity index (χ0n) is 7.08. The van der Waals surface area contributed by atoms with Gasteiger partial charge >= 0.3 is 6.09 Å². The van der Waals surface area contributed by atoms with Crippen LogP contribution in [0.3, 0.4) is 0 Å². The van der Waals surface area contributed by atoms with Crippen LogP contribution in [0.4, 0.5) is 4.79 Å². The van der Waals surface area contributed by atoms with Crippen LogP contribution in [0.2, 0.25) is 0 Å². The molecule has 0 bridgehead atoms. The summed E-state index contributed by atoms with van der Waals surface area (Å²) >= 11 is 3.19. The fourth-order valence-electron chi connectivity index (χ4n) is 0.425. The van der Waals surface area contributed by atoms with Crippen LogP contribution in [0.25, 0.3) is 0 Å². The van der Waals surface area contributed by atoms with Gasteiger partial charge in [-0.3, -0.25) is 0 Å². The van der Waals surface area contributed by atoms with Gasteiger partial charge in [0.15, 0.2) is 0 Å². The van der Waals surface area contributed by atoms with E-state index in [-0.39, 0.29) is 0 Å². The smallest absolute Gasteiger partial charge is 0.447 e. The fraction of sp³-hybridized carbons (Fsp3) is 0.571. The molecule has 0 radical (unpaired) electrons. The van der Waals surface area contributed by atoms with Crippen LogP contribution >= 0.6 is 15.9 Å². The normalized spacial score (nSPS) is 12.1. The lowest BCUT2D eigenvalue weighted by Gasteiger charge is -1.92. The molecule has 0 aromatic carbocycles. The van der Waals surface area contributed by atoms with Crippen LogP contribution in [0.5, 0.6) is 0 Å². The standard InChI is InChI=1S/C7H11BrN2O2/c1-3-12-7(11)10-9-6(2)4-5-8/h4H,3,5H2,1-2H3/b6-4+,10-9?. The number of alkyl halides is 1. The molecule has 0 unspecified atom stereocenters. The molecule has 0 spiro atoms. The Morgan fingerprint density at radius 1 is 1.58 bits per heavy atom. The molecule has 0 rings (SSSR count). The lowest BCUT2D eigenvalue weighted by Crippen LogP contribution is -1.95. The van der Waals surface area contributed by atoms with Crippen molar-refractivity contribution >= 4 is 22.0 Å². The van der Waals surface area contributed by atoms with Gasteiger partial charge < -0.3 is 4.74 Å². The number of hydrogen-bond donors (Lipinski definition) is 0. The first kappa shape index (κ1) is 11.3. The molecule has 0 aromatic heterocycles. The van der Waals surface area contributed by atoms with Crippen LogP contribution in [0.1, 0.15) is 13.8 Å². The lowest BCUT2D eigenvalue weighted by molar-refractivity contribution is 0.161. The summed E-state index contributed by atoms with van der Waals surface area (Å²) < 4.78 is 4.53. The van der Waals surface area contributed by atoms with Crippen LogP contribution in [-0.2, 0) is 4.74 Å². The van der Waals surface area contributed by atoms with E-state index in [9.17, 15) is 4.79 Å². The molecule has 4 nitrogen and oxygen atoms in total. The number of allylic oxidation sites excluding steroid dienone is 2. The maximum Gasteiger partial charge on any atom is 0.452 e. The summed E-state index contributed by atoms with van der Waals surface area (Å²) in [6, 6.07) is 0. The third-order valence-corrected chi connectivity index (χ3v) is 1.25. The average Bonchev–Trinajstić information content (AvgIpc) is 2.02. The largest absolute Gasteiger partial charge is 0.452 e. The van der Waals surface area contributed by atoms with E-state index in [0.717, 1.165) is 0 Å². The van der Waals surface area contributed by atoms with E-state index in [0.29, 0.717) is 17.6 Å². The van der Waals surface area contributed by atoms with Crippen molar-refractivity contribution in [2.75, 3.05) is 11.9 Å². The molecule has 0 aliphatic heterocycles. The monoisotopic (exact) mass is 234 g/mol. The van der Waals surface area contributed by atoms with Crippen LogP contribution < -0.4 is 0 Å². The summed E-state index contributed by atoms with van der Waals surface area (Å²) in [5.74, 6) is 0. The van der Waals surface area contributed by atoms with Crippen LogP contribution in [0, 0.1) is 0 Å². The van der Waals surface area contributed by atoms with Gasteiger partial charge in [-0.1, -0.05) is 27.1 Å². The molecule has 0 atom stereocenters. The summed E-state index contributed by atoms with van der Waals surface area (Å²) in [6.45, 7) is 3.79. The van der Waals surface area contributed by atoms with E-state index in [1.54, 1.807) is 19.9 Å². The van der Waals surface area contributed by atoms with E-state index in [1.807, 2.05) is 0 Å². The molecular formula is C7H11BrN2O2. The molecule has 0 aliphatic carbocycles. The van der Waals surface area contributed by atoms with Gasteiger partial charge in [0.05, 0.1) is 12.3 Å². The third kappa shape index (κ3) is 6.03. The maximum absolute atomic E-state index is 10.6. The van der Waals surface area contributed by atoms with E-state index in [1.165, 1.54) is 0 Å². The van der Waals surface area contributed by atoms with Gasteiger partial charge in [-0.05, 0) is 13.8 Å². The minimum absolute atomic E-state index is 0.319. The second-order valence-electron chi connectivity index (χ2n) is 1.90. The topological polar surface area (TPSA) is 51.0 Å². The lowest BCUT2D eigenvalue weighted by atomic mass is 10.5. The highest BCUT2D eigenvalue weighted by atomic mass is 79.9. The van der Waals surface area contributed by atoms with E-state index in [2.05, 4.69) is 30.9 Å². The fourth-order valence-corrected chi connectivity index (χ4v) is 0.893. The molecule has 0 heterocycles. The Labute approximate surface area is 79.8 Å². The molecule has 0 fully saturated rings. The summed E-state index contributed by atoms with van der Waals surface area (Å²) in [7, 11) is 0. The molecule has 0 saturated carbocycles. The summed E-state index contributed by atoms with van der Waals surface area (Å²) in [4.78, 5) is 10.6. The predicted molar refractivity (Wildman–Crippen MR) is 49.4 cm³/mol. The number of nitrogens with zero attached hydrogens (tertiary/aromatic N) is 2. The maximum atomic E-state index is 10.6. The molecule has 0 N–H and O–H groups in total. The van der Waals surface area contributed by atoms with E-state index in [4.69, 9.17) is 0 Å². The zero-order valence-corrected chi connectivity index (χ0v) is 8.67. The SMILES string of the molecule is CCOC(=O)N=N/C(C)=C/CBr. The number of carbonyl (C=O) groups is 1.